The van der Waals surface area contributed by atoms with Gasteiger partial charge in [-0.1, -0.05) is 11.6 Å². The van der Waals surface area contributed by atoms with Crippen LogP contribution in [0.3, 0.4) is 0 Å². The summed E-state index contributed by atoms with van der Waals surface area (Å²) < 4.78 is 3.91. The molecule has 0 atom stereocenters. The monoisotopic (exact) mass is 323 g/mol. The number of aromatic nitrogens is 5. The third kappa shape index (κ3) is 2.40. The summed E-state index contributed by atoms with van der Waals surface area (Å²) in [4.78, 5) is 8.91. The number of nitrogens with zero attached hydrogens (tertiary/aromatic N) is 5. The van der Waals surface area contributed by atoms with Crippen LogP contribution < -0.4 is 0 Å². The van der Waals surface area contributed by atoms with Crippen molar-refractivity contribution in [2.45, 2.75) is 26.3 Å². The van der Waals surface area contributed by atoms with E-state index >= 15 is 0 Å². The Morgan fingerprint density at radius 3 is 2.67 bits per heavy atom. The van der Waals surface area contributed by atoms with E-state index in [0.717, 1.165) is 28.4 Å². The third-order valence-electron chi connectivity index (χ3n) is 3.73. The van der Waals surface area contributed by atoms with Gasteiger partial charge < -0.3 is 4.57 Å². The van der Waals surface area contributed by atoms with E-state index in [1.165, 1.54) is 5.56 Å². The van der Waals surface area contributed by atoms with Gasteiger partial charge in [0.25, 0.3) is 0 Å². The molecule has 0 saturated heterocycles. The summed E-state index contributed by atoms with van der Waals surface area (Å²) >= 11 is 12.0. The van der Waals surface area contributed by atoms with E-state index < -0.39 is 0 Å². The predicted molar refractivity (Wildman–Crippen MR) is 83.9 cm³/mol. The molecule has 3 aromatic rings. The lowest BCUT2D eigenvalue weighted by molar-refractivity contribution is 0.725. The van der Waals surface area contributed by atoms with E-state index in [4.69, 9.17) is 23.2 Å². The van der Waals surface area contributed by atoms with Gasteiger partial charge in [-0.3, -0.25) is 4.68 Å². The lowest BCUT2D eigenvalue weighted by Gasteiger charge is -2.08. The number of hydrogen-bond donors (Lipinski definition) is 0. The van der Waals surface area contributed by atoms with Crippen LogP contribution in [0, 0.1) is 13.8 Å². The quantitative estimate of drug-likeness (QED) is 0.695. The highest BCUT2D eigenvalue weighted by Gasteiger charge is 2.16. The zero-order valence-corrected chi connectivity index (χ0v) is 13.6. The largest absolute Gasteiger partial charge is 0.307 e. The van der Waals surface area contributed by atoms with Gasteiger partial charge in [0.05, 0.1) is 23.1 Å². The van der Waals surface area contributed by atoms with Gasteiger partial charge in [0.2, 0.25) is 0 Å². The van der Waals surface area contributed by atoms with E-state index in [1.807, 2.05) is 23.2 Å². The van der Waals surface area contributed by atoms with Crippen molar-refractivity contribution in [1.82, 2.24) is 24.3 Å². The topological polar surface area (TPSA) is 48.5 Å². The SMILES string of the molecule is Cc1nn(C)c(C)c1Cn1c(CCl)nc2cc(Cl)cnc21. The van der Waals surface area contributed by atoms with Crippen molar-refractivity contribution in [3.05, 3.63) is 40.1 Å². The van der Waals surface area contributed by atoms with Gasteiger partial charge in [0, 0.05) is 24.5 Å². The van der Waals surface area contributed by atoms with Crippen molar-refractivity contribution < 1.29 is 0 Å². The number of alkyl halides is 1. The van der Waals surface area contributed by atoms with Gasteiger partial charge in [-0.15, -0.1) is 11.6 Å². The Hall–Kier alpha value is -1.59. The smallest absolute Gasteiger partial charge is 0.160 e. The number of fused-ring (bicyclic) bond motifs is 1. The molecule has 5 nitrogen and oxygen atoms in total. The summed E-state index contributed by atoms with van der Waals surface area (Å²) in [7, 11) is 1.94. The van der Waals surface area contributed by atoms with Crippen molar-refractivity contribution in [2.24, 2.45) is 7.05 Å². The fraction of sp³-hybridized carbons (Fsp3) is 0.357. The van der Waals surface area contributed by atoms with Crippen LogP contribution in [0.2, 0.25) is 5.02 Å². The summed E-state index contributed by atoms with van der Waals surface area (Å²) in [5, 5.41) is 5.02. The van der Waals surface area contributed by atoms with Crippen LogP contribution >= 0.6 is 23.2 Å². The first kappa shape index (κ1) is 14.4. The van der Waals surface area contributed by atoms with Crippen molar-refractivity contribution in [3.8, 4) is 0 Å². The number of halogens is 2. The van der Waals surface area contributed by atoms with E-state index in [2.05, 4.69) is 22.0 Å². The van der Waals surface area contributed by atoms with Gasteiger partial charge in [0.15, 0.2) is 5.65 Å². The van der Waals surface area contributed by atoms with Crippen molar-refractivity contribution in [2.75, 3.05) is 0 Å². The second kappa shape index (κ2) is 5.31. The number of rotatable bonds is 3. The minimum atomic E-state index is 0.326. The molecule has 0 aromatic carbocycles. The minimum Gasteiger partial charge on any atom is -0.307 e. The van der Waals surface area contributed by atoms with Crippen LogP contribution in [0.1, 0.15) is 22.8 Å². The summed E-state index contributed by atoms with van der Waals surface area (Å²) in [6.07, 6.45) is 1.63. The normalized spacial score (nSPS) is 11.5. The van der Waals surface area contributed by atoms with E-state index in [0.29, 0.717) is 17.4 Å². The maximum atomic E-state index is 6.03. The molecule has 0 amide bonds. The Morgan fingerprint density at radius 1 is 1.29 bits per heavy atom. The third-order valence-corrected chi connectivity index (χ3v) is 4.17. The fourth-order valence-electron chi connectivity index (χ4n) is 2.51. The number of hydrogen-bond acceptors (Lipinski definition) is 3. The molecular formula is C14H15Cl2N5. The second-order valence-corrected chi connectivity index (χ2v) is 5.72. The van der Waals surface area contributed by atoms with Crippen LogP contribution in [0.15, 0.2) is 12.3 Å². The molecule has 3 rings (SSSR count). The zero-order chi connectivity index (χ0) is 15.1. The molecule has 3 aromatic heterocycles. The number of aryl methyl sites for hydroxylation is 2. The van der Waals surface area contributed by atoms with Crippen molar-refractivity contribution >= 4 is 34.4 Å². The summed E-state index contributed by atoms with van der Waals surface area (Å²) in [5.41, 5.74) is 4.85. The Balaban J connectivity index is 2.15. The second-order valence-electron chi connectivity index (χ2n) is 5.02. The summed E-state index contributed by atoms with van der Waals surface area (Å²) in [5.74, 6) is 1.11. The van der Waals surface area contributed by atoms with Crippen molar-refractivity contribution in [3.63, 3.8) is 0 Å². The standard InChI is InChI=1S/C14H15Cl2N5/c1-8-11(9(2)20(3)19-8)7-21-13(5-15)18-12-4-10(16)6-17-14(12)21/h4,6H,5,7H2,1-3H3. The predicted octanol–water partition coefficient (Wildman–Crippen LogP) is 3.22. The maximum Gasteiger partial charge on any atom is 0.160 e. The number of imidazole rings is 1. The van der Waals surface area contributed by atoms with E-state index in [9.17, 15) is 0 Å². The average Bonchev–Trinajstić information content (AvgIpc) is 2.91. The van der Waals surface area contributed by atoms with Crippen LogP contribution in [0.5, 0.6) is 0 Å². The minimum absolute atomic E-state index is 0.326. The Morgan fingerprint density at radius 2 is 2.05 bits per heavy atom. The molecule has 3 heterocycles. The van der Waals surface area contributed by atoms with Gasteiger partial charge in [0.1, 0.15) is 11.3 Å². The molecule has 0 N–H and O–H groups in total. The highest BCUT2D eigenvalue weighted by atomic mass is 35.5. The molecule has 0 aliphatic heterocycles. The summed E-state index contributed by atoms with van der Waals surface area (Å²) in [6, 6.07) is 1.80. The molecular weight excluding hydrogens is 309 g/mol. The highest BCUT2D eigenvalue weighted by Crippen LogP contribution is 2.22. The molecule has 0 radical (unpaired) electrons. The molecule has 110 valence electrons. The van der Waals surface area contributed by atoms with E-state index in [-0.39, 0.29) is 0 Å². The van der Waals surface area contributed by atoms with Gasteiger partial charge in [-0.05, 0) is 19.9 Å². The molecule has 0 fully saturated rings. The first-order valence-electron chi connectivity index (χ1n) is 6.57. The van der Waals surface area contributed by atoms with Gasteiger partial charge >= 0.3 is 0 Å². The first-order chi connectivity index (χ1) is 10.0. The molecule has 0 aliphatic carbocycles. The lowest BCUT2D eigenvalue weighted by Crippen LogP contribution is -2.06. The van der Waals surface area contributed by atoms with Crippen molar-refractivity contribution in [1.29, 1.82) is 0 Å². The lowest BCUT2D eigenvalue weighted by atomic mass is 10.2. The summed E-state index contributed by atoms with van der Waals surface area (Å²) in [6.45, 7) is 4.71. The Bertz CT molecular complexity index is 818. The first-order valence-corrected chi connectivity index (χ1v) is 7.48. The van der Waals surface area contributed by atoms with Gasteiger partial charge in [-0.2, -0.15) is 5.10 Å². The van der Waals surface area contributed by atoms with Crippen LogP contribution in [-0.4, -0.2) is 24.3 Å². The van der Waals surface area contributed by atoms with Crippen LogP contribution in [0.25, 0.3) is 11.2 Å². The average molecular weight is 324 g/mol. The molecule has 0 bridgehead atoms. The Kier molecular flexibility index (Phi) is 3.63. The molecule has 0 spiro atoms. The van der Waals surface area contributed by atoms with Crippen LogP contribution in [-0.2, 0) is 19.5 Å². The zero-order valence-electron chi connectivity index (χ0n) is 12.1. The van der Waals surface area contributed by atoms with Crippen LogP contribution in [0.4, 0.5) is 0 Å². The number of pyridine rings is 1. The molecule has 21 heavy (non-hydrogen) atoms. The highest BCUT2D eigenvalue weighted by molar-refractivity contribution is 6.31. The molecule has 0 saturated carbocycles. The molecule has 0 aliphatic rings. The van der Waals surface area contributed by atoms with E-state index in [1.54, 1.807) is 12.3 Å². The fourth-order valence-corrected chi connectivity index (χ4v) is 2.86. The maximum absolute atomic E-state index is 6.03. The Labute approximate surface area is 132 Å². The molecule has 7 heteroatoms. The molecule has 0 unspecified atom stereocenters. The van der Waals surface area contributed by atoms with Gasteiger partial charge in [-0.25, -0.2) is 9.97 Å².